The maximum atomic E-state index is 11.7. The van der Waals surface area contributed by atoms with E-state index in [-0.39, 0.29) is 6.61 Å². The highest BCUT2D eigenvalue weighted by molar-refractivity contribution is 7.91. The Balaban J connectivity index is 2.86. The zero-order valence-corrected chi connectivity index (χ0v) is 10.4. The van der Waals surface area contributed by atoms with E-state index in [1.54, 1.807) is 13.0 Å². The van der Waals surface area contributed by atoms with Crippen molar-refractivity contribution in [2.24, 2.45) is 0 Å². The minimum absolute atomic E-state index is 0.203. The lowest BCUT2D eigenvalue weighted by atomic mass is 10.4. The standard InChI is InChI=1S/C9H15NO3S2/c1-3-8-4-5-9(14-8)15(12,13)10-7(2)6-11/h4-5,7,10-11H,3,6H2,1-2H3/t7-/m1/s1. The summed E-state index contributed by atoms with van der Waals surface area (Å²) in [6.07, 6.45) is 0.829. The molecule has 86 valence electrons. The Hall–Kier alpha value is -0.430. The molecule has 2 N–H and O–H groups in total. The summed E-state index contributed by atoms with van der Waals surface area (Å²) in [5.41, 5.74) is 0. The minimum atomic E-state index is -3.45. The van der Waals surface area contributed by atoms with Crippen LogP contribution in [0.15, 0.2) is 16.3 Å². The summed E-state index contributed by atoms with van der Waals surface area (Å²) in [5.74, 6) is 0. The number of hydrogen-bond acceptors (Lipinski definition) is 4. The number of rotatable bonds is 5. The van der Waals surface area contributed by atoms with Crippen molar-refractivity contribution in [2.45, 2.75) is 30.5 Å². The number of hydrogen-bond donors (Lipinski definition) is 2. The van der Waals surface area contributed by atoms with Crippen LogP contribution in [0.2, 0.25) is 0 Å². The van der Waals surface area contributed by atoms with E-state index in [1.807, 2.05) is 13.0 Å². The molecule has 0 amide bonds. The van der Waals surface area contributed by atoms with E-state index in [1.165, 1.54) is 11.3 Å². The third-order valence-electron chi connectivity index (χ3n) is 1.88. The second kappa shape index (κ2) is 5.07. The molecule has 1 aromatic heterocycles. The third kappa shape index (κ3) is 3.27. The van der Waals surface area contributed by atoms with Gasteiger partial charge in [-0.1, -0.05) is 6.92 Å². The van der Waals surface area contributed by atoms with E-state index >= 15 is 0 Å². The molecule has 0 bridgehead atoms. The molecule has 15 heavy (non-hydrogen) atoms. The smallest absolute Gasteiger partial charge is 0.250 e. The number of thiophene rings is 1. The second-order valence-corrected chi connectivity index (χ2v) is 6.39. The molecule has 0 aromatic carbocycles. The molecule has 0 spiro atoms. The summed E-state index contributed by atoms with van der Waals surface area (Å²) in [4.78, 5) is 1.03. The van der Waals surface area contributed by atoms with E-state index in [2.05, 4.69) is 4.72 Å². The molecule has 0 saturated heterocycles. The van der Waals surface area contributed by atoms with E-state index in [9.17, 15) is 8.42 Å². The fourth-order valence-electron chi connectivity index (χ4n) is 1.05. The van der Waals surface area contributed by atoms with Gasteiger partial charge in [-0.05, 0) is 25.5 Å². The van der Waals surface area contributed by atoms with Gasteiger partial charge >= 0.3 is 0 Å². The van der Waals surface area contributed by atoms with Gasteiger partial charge in [-0.2, -0.15) is 0 Å². The molecule has 0 fully saturated rings. The van der Waals surface area contributed by atoms with Gasteiger partial charge in [0.15, 0.2) is 0 Å². The summed E-state index contributed by atoms with van der Waals surface area (Å²) < 4.78 is 26.1. The molecular weight excluding hydrogens is 234 g/mol. The van der Waals surface area contributed by atoms with Gasteiger partial charge in [-0.15, -0.1) is 11.3 Å². The Bertz CT molecular complexity index is 411. The van der Waals surface area contributed by atoms with Crippen LogP contribution < -0.4 is 4.72 Å². The highest BCUT2D eigenvalue weighted by Crippen LogP contribution is 2.21. The summed E-state index contributed by atoms with van der Waals surface area (Å²) in [6, 6.07) is 2.95. The predicted octanol–water partition coefficient (Wildman–Crippen LogP) is 0.970. The zero-order valence-electron chi connectivity index (χ0n) is 8.73. The van der Waals surface area contributed by atoms with Crippen molar-refractivity contribution in [3.8, 4) is 0 Å². The Morgan fingerprint density at radius 2 is 2.20 bits per heavy atom. The molecule has 1 atom stereocenters. The van der Waals surface area contributed by atoms with E-state index in [0.717, 1.165) is 11.3 Å². The maximum Gasteiger partial charge on any atom is 0.250 e. The van der Waals surface area contributed by atoms with Crippen LogP contribution in [-0.2, 0) is 16.4 Å². The molecule has 0 unspecified atom stereocenters. The van der Waals surface area contributed by atoms with E-state index < -0.39 is 16.1 Å². The van der Waals surface area contributed by atoms with Crippen molar-refractivity contribution in [3.05, 3.63) is 17.0 Å². The van der Waals surface area contributed by atoms with Gasteiger partial charge in [0.25, 0.3) is 0 Å². The van der Waals surface area contributed by atoms with Gasteiger partial charge in [-0.3, -0.25) is 0 Å². The average Bonchev–Trinajstić information content (AvgIpc) is 2.65. The Kier molecular flexibility index (Phi) is 4.27. The zero-order chi connectivity index (χ0) is 11.5. The van der Waals surface area contributed by atoms with Crippen molar-refractivity contribution in [3.63, 3.8) is 0 Å². The van der Waals surface area contributed by atoms with Gasteiger partial charge < -0.3 is 5.11 Å². The SMILES string of the molecule is CCc1ccc(S(=O)(=O)N[C@H](C)CO)s1. The average molecular weight is 249 g/mol. The first kappa shape index (κ1) is 12.6. The molecule has 0 aliphatic heterocycles. The molecular formula is C9H15NO3S2. The predicted molar refractivity (Wildman–Crippen MR) is 60.6 cm³/mol. The fourth-order valence-corrected chi connectivity index (χ4v) is 3.60. The number of sulfonamides is 1. The van der Waals surface area contributed by atoms with Crippen LogP contribution in [-0.4, -0.2) is 26.2 Å². The Morgan fingerprint density at radius 3 is 2.67 bits per heavy atom. The lowest BCUT2D eigenvalue weighted by Crippen LogP contribution is -2.34. The molecule has 0 saturated carbocycles. The van der Waals surface area contributed by atoms with Crippen LogP contribution in [0.3, 0.4) is 0 Å². The monoisotopic (exact) mass is 249 g/mol. The maximum absolute atomic E-state index is 11.7. The molecule has 0 radical (unpaired) electrons. The van der Waals surface area contributed by atoms with Crippen LogP contribution in [0.1, 0.15) is 18.7 Å². The highest BCUT2D eigenvalue weighted by atomic mass is 32.2. The Labute approximate surface area is 94.0 Å². The van der Waals surface area contributed by atoms with Gasteiger partial charge in [0, 0.05) is 10.9 Å². The van der Waals surface area contributed by atoms with Crippen molar-refractivity contribution in [1.82, 2.24) is 4.72 Å². The second-order valence-electron chi connectivity index (χ2n) is 3.28. The third-order valence-corrected chi connectivity index (χ3v) is 5.19. The van der Waals surface area contributed by atoms with Crippen LogP contribution >= 0.6 is 11.3 Å². The van der Waals surface area contributed by atoms with Gasteiger partial charge in [0.05, 0.1) is 6.61 Å². The summed E-state index contributed by atoms with van der Waals surface area (Å²) in [5, 5.41) is 8.77. The van der Waals surface area contributed by atoms with Crippen LogP contribution in [0, 0.1) is 0 Å². The first-order chi connectivity index (χ1) is 6.99. The first-order valence-electron chi connectivity index (χ1n) is 4.71. The molecule has 1 aromatic rings. The largest absolute Gasteiger partial charge is 0.395 e. The van der Waals surface area contributed by atoms with Crippen LogP contribution in [0.4, 0.5) is 0 Å². The quantitative estimate of drug-likeness (QED) is 0.817. The van der Waals surface area contributed by atoms with Gasteiger partial charge in [-0.25, -0.2) is 13.1 Å². The number of nitrogens with one attached hydrogen (secondary N) is 1. The van der Waals surface area contributed by atoms with Crippen molar-refractivity contribution >= 4 is 21.4 Å². The summed E-state index contributed by atoms with van der Waals surface area (Å²) in [7, 11) is -3.45. The summed E-state index contributed by atoms with van der Waals surface area (Å²) in [6.45, 7) is 3.39. The van der Waals surface area contributed by atoms with Crippen molar-refractivity contribution in [2.75, 3.05) is 6.61 Å². The van der Waals surface area contributed by atoms with E-state index in [4.69, 9.17) is 5.11 Å². The molecule has 1 rings (SSSR count). The highest BCUT2D eigenvalue weighted by Gasteiger charge is 2.18. The normalized spacial score (nSPS) is 14.1. The van der Waals surface area contributed by atoms with E-state index in [0.29, 0.717) is 4.21 Å². The van der Waals surface area contributed by atoms with Crippen LogP contribution in [0.25, 0.3) is 0 Å². The molecule has 6 heteroatoms. The van der Waals surface area contributed by atoms with Crippen molar-refractivity contribution in [1.29, 1.82) is 0 Å². The molecule has 0 aliphatic carbocycles. The fraction of sp³-hybridized carbons (Fsp3) is 0.556. The number of aliphatic hydroxyl groups is 1. The first-order valence-corrected chi connectivity index (χ1v) is 7.01. The lowest BCUT2D eigenvalue weighted by Gasteiger charge is -2.09. The van der Waals surface area contributed by atoms with Crippen LogP contribution in [0.5, 0.6) is 0 Å². The number of aryl methyl sites for hydroxylation is 1. The molecule has 4 nitrogen and oxygen atoms in total. The van der Waals surface area contributed by atoms with Gasteiger partial charge in [0.2, 0.25) is 10.0 Å². The van der Waals surface area contributed by atoms with Gasteiger partial charge in [0.1, 0.15) is 4.21 Å². The molecule has 0 aliphatic rings. The Morgan fingerprint density at radius 1 is 1.53 bits per heavy atom. The minimum Gasteiger partial charge on any atom is -0.395 e. The summed E-state index contributed by atoms with van der Waals surface area (Å²) >= 11 is 1.26. The topological polar surface area (TPSA) is 66.4 Å². The lowest BCUT2D eigenvalue weighted by molar-refractivity contribution is 0.265. The van der Waals surface area contributed by atoms with Crippen molar-refractivity contribution < 1.29 is 13.5 Å². The number of aliphatic hydroxyl groups excluding tert-OH is 1. The molecule has 1 heterocycles.